The summed E-state index contributed by atoms with van der Waals surface area (Å²) in [5.41, 5.74) is 1.78. The summed E-state index contributed by atoms with van der Waals surface area (Å²) >= 11 is 5.85. The quantitative estimate of drug-likeness (QED) is 0.417. The lowest BCUT2D eigenvalue weighted by Gasteiger charge is -2.32. The molecule has 33 heavy (non-hydrogen) atoms. The minimum absolute atomic E-state index is 0.0264. The van der Waals surface area contributed by atoms with Crippen molar-refractivity contribution in [1.82, 2.24) is 10.2 Å². The molecule has 0 bridgehead atoms. The number of halogens is 1. The van der Waals surface area contributed by atoms with Crippen molar-refractivity contribution in [3.63, 3.8) is 0 Å². The third kappa shape index (κ3) is 5.20. The van der Waals surface area contributed by atoms with Crippen LogP contribution >= 0.6 is 11.6 Å². The van der Waals surface area contributed by atoms with Crippen molar-refractivity contribution < 1.29 is 14.5 Å². The van der Waals surface area contributed by atoms with Gasteiger partial charge in [-0.3, -0.25) is 14.9 Å². The van der Waals surface area contributed by atoms with Gasteiger partial charge in [0, 0.05) is 30.4 Å². The van der Waals surface area contributed by atoms with Crippen LogP contribution in [0.5, 0.6) is 5.75 Å². The number of ether oxygens (including phenoxy) is 1. The molecule has 1 N–H and O–H groups in total. The molecule has 4 rings (SSSR count). The maximum atomic E-state index is 12.8. The summed E-state index contributed by atoms with van der Waals surface area (Å²) < 4.78 is 5.18. The van der Waals surface area contributed by atoms with E-state index in [4.69, 9.17) is 16.3 Å². The summed E-state index contributed by atoms with van der Waals surface area (Å²) in [6.45, 7) is 1.25. The van der Waals surface area contributed by atoms with Gasteiger partial charge in [-0.2, -0.15) is 0 Å². The summed E-state index contributed by atoms with van der Waals surface area (Å²) in [7, 11) is 1.62. The first kappa shape index (κ1) is 22.5. The Hall–Kier alpha value is -3.72. The maximum Gasteiger partial charge on any atom is 0.289 e. The van der Waals surface area contributed by atoms with Crippen molar-refractivity contribution in [2.24, 2.45) is 5.92 Å². The average Bonchev–Trinajstić information content (AvgIpc) is 2.85. The van der Waals surface area contributed by atoms with Crippen molar-refractivity contribution in [2.45, 2.75) is 12.8 Å². The van der Waals surface area contributed by atoms with Gasteiger partial charge >= 0.3 is 0 Å². The Bertz CT molecular complexity index is 1150. The van der Waals surface area contributed by atoms with Gasteiger partial charge in [0.2, 0.25) is 5.91 Å². The zero-order valence-electron chi connectivity index (χ0n) is 17.9. The predicted octanol–water partition coefficient (Wildman–Crippen LogP) is 4.57. The molecule has 9 nitrogen and oxygen atoms in total. The van der Waals surface area contributed by atoms with Crippen LogP contribution in [0.4, 0.5) is 17.2 Å². The monoisotopic (exact) mass is 467 g/mol. The van der Waals surface area contributed by atoms with Crippen LogP contribution in [0, 0.1) is 16.0 Å². The molecule has 1 aromatic heterocycles. The summed E-state index contributed by atoms with van der Waals surface area (Å²) in [5.74, 6) is 0.997. The van der Waals surface area contributed by atoms with Gasteiger partial charge in [-0.25, -0.2) is 0 Å². The van der Waals surface area contributed by atoms with Crippen LogP contribution in [0.3, 0.4) is 0 Å². The lowest BCUT2D eigenvalue weighted by atomic mass is 9.97. The lowest BCUT2D eigenvalue weighted by molar-refractivity contribution is -0.384. The number of carbonyl (C=O) groups is 1. The van der Waals surface area contributed by atoms with Crippen LogP contribution < -0.4 is 15.0 Å². The van der Waals surface area contributed by atoms with Gasteiger partial charge in [-0.1, -0.05) is 11.6 Å². The number of amides is 1. The van der Waals surface area contributed by atoms with Crippen molar-refractivity contribution in [3.8, 4) is 17.0 Å². The highest BCUT2D eigenvalue weighted by Gasteiger charge is 2.27. The van der Waals surface area contributed by atoms with E-state index in [0.717, 1.165) is 36.4 Å². The number of methoxy groups -OCH3 is 1. The molecular formula is C23H22ClN5O4. The normalized spacial score (nSPS) is 15.7. The van der Waals surface area contributed by atoms with Crippen molar-refractivity contribution in [3.05, 3.63) is 69.7 Å². The molecule has 1 saturated heterocycles. The van der Waals surface area contributed by atoms with Gasteiger partial charge in [0.25, 0.3) is 5.69 Å². The van der Waals surface area contributed by atoms with E-state index in [9.17, 15) is 14.9 Å². The Morgan fingerprint density at radius 2 is 1.97 bits per heavy atom. The largest absolute Gasteiger partial charge is 0.497 e. The molecule has 0 aliphatic carbocycles. The van der Waals surface area contributed by atoms with Crippen LogP contribution in [-0.2, 0) is 4.79 Å². The van der Waals surface area contributed by atoms with E-state index in [1.165, 1.54) is 12.1 Å². The summed E-state index contributed by atoms with van der Waals surface area (Å²) in [5, 5.41) is 22.6. The summed E-state index contributed by atoms with van der Waals surface area (Å²) in [4.78, 5) is 25.4. The summed E-state index contributed by atoms with van der Waals surface area (Å²) in [6, 6.07) is 15.6. The predicted molar refractivity (Wildman–Crippen MR) is 126 cm³/mol. The van der Waals surface area contributed by atoms with Crippen molar-refractivity contribution >= 4 is 34.7 Å². The smallest absolute Gasteiger partial charge is 0.289 e. The minimum Gasteiger partial charge on any atom is -0.497 e. The molecule has 10 heteroatoms. The first-order valence-corrected chi connectivity index (χ1v) is 10.8. The fourth-order valence-electron chi connectivity index (χ4n) is 3.78. The third-order valence-electron chi connectivity index (χ3n) is 5.56. The van der Waals surface area contributed by atoms with Crippen molar-refractivity contribution in [1.29, 1.82) is 0 Å². The van der Waals surface area contributed by atoms with Crippen LogP contribution in [0.1, 0.15) is 12.8 Å². The zero-order chi connectivity index (χ0) is 23.4. The van der Waals surface area contributed by atoms with E-state index >= 15 is 0 Å². The number of nitrogens with one attached hydrogen (secondary N) is 1. The molecule has 1 fully saturated rings. The van der Waals surface area contributed by atoms with Gasteiger partial charge in [-0.05, 0) is 61.4 Å². The number of nitro benzene ring substituents is 1. The Morgan fingerprint density at radius 1 is 1.18 bits per heavy atom. The number of hydrogen-bond donors (Lipinski definition) is 1. The van der Waals surface area contributed by atoms with Gasteiger partial charge in [0.1, 0.15) is 10.8 Å². The number of anilines is 2. The molecule has 0 saturated carbocycles. The molecule has 2 heterocycles. The Morgan fingerprint density at radius 3 is 2.64 bits per heavy atom. The van der Waals surface area contributed by atoms with Crippen LogP contribution in [0.15, 0.2) is 54.6 Å². The molecule has 2 aromatic carbocycles. The second kappa shape index (κ2) is 9.83. The molecule has 1 aliphatic heterocycles. The van der Waals surface area contributed by atoms with E-state index < -0.39 is 4.92 Å². The topological polar surface area (TPSA) is 110 Å². The van der Waals surface area contributed by atoms with Gasteiger partial charge in [0.05, 0.1) is 23.6 Å². The first-order chi connectivity index (χ1) is 15.9. The van der Waals surface area contributed by atoms with E-state index in [1.807, 2.05) is 41.3 Å². The fourth-order valence-corrected chi connectivity index (χ4v) is 3.97. The zero-order valence-corrected chi connectivity index (χ0v) is 18.7. The van der Waals surface area contributed by atoms with Crippen LogP contribution in [0.25, 0.3) is 11.3 Å². The van der Waals surface area contributed by atoms with Crippen molar-refractivity contribution in [2.75, 3.05) is 30.4 Å². The Labute approximate surface area is 195 Å². The second-order valence-corrected chi connectivity index (χ2v) is 8.11. The fraction of sp³-hybridized carbons (Fsp3) is 0.261. The number of carbonyl (C=O) groups excluding carboxylic acids is 1. The van der Waals surface area contributed by atoms with Gasteiger partial charge < -0.3 is 15.0 Å². The van der Waals surface area contributed by atoms with E-state index in [2.05, 4.69) is 15.5 Å². The summed E-state index contributed by atoms with van der Waals surface area (Å²) in [6.07, 6.45) is 1.54. The molecule has 1 aliphatic rings. The van der Waals surface area contributed by atoms with Crippen LogP contribution in [-0.4, -0.2) is 41.2 Å². The average molecular weight is 468 g/mol. The molecule has 170 valence electrons. The number of piperidine rings is 1. The van der Waals surface area contributed by atoms with E-state index in [-0.39, 0.29) is 22.5 Å². The maximum absolute atomic E-state index is 12.8. The minimum atomic E-state index is -0.575. The molecule has 1 atom stereocenters. The highest BCUT2D eigenvalue weighted by molar-refractivity contribution is 6.32. The van der Waals surface area contributed by atoms with Gasteiger partial charge in [-0.15, -0.1) is 10.2 Å². The number of nitro groups is 1. The van der Waals surface area contributed by atoms with Crippen LogP contribution in [0.2, 0.25) is 5.02 Å². The highest BCUT2D eigenvalue weighted by atomic mass is 35.5. The van der Waals surface area contributed by atoms with E-state index in [0.29, 0.717) is 18.1 Å². The molecule has 1 unspecified atom stereocenters. The standard InChI is InChI=1S/C23H22ClN5O4/c1-33-18-7-4-15(5-8-18)20-10-11-22(27-26-20)28-12-2-3-16(14-28)23(30)25-17-6-9-19(24)21(13-17)29(31)32/h4-11,13,16H,2-3,12,14H2,1H3,(H,25,30). The number of benzene rings is 2. The number of hydrogen-bond acceptors (Lipinski definition) is 7. The molecule has 3 aromatic rings. The Kier molecular flexibility index (Phi) is 6.69. The SMILES string of the molecule is COc1ccc(-c2ccc(N3CCCC(C(=O)Nc4ccc(Cl)c([N+](=O)[O-])c4)C3)nn2)cc1. The van der Waals surface area contributed by atoms with Gasteiger partial charge in [0.15, 0.2) is 5.82 Å². The molecular weight excluding hydrogens is 446 g/mol. The molecule has 0 radical (unpaired) electrons. The first-order valence-electron chi connectivity index (χ1n) is 10.4. The number of nitrogens with zero attached hydrogens (tertiary/aromatic N) is 4. The second-order valence-electron chi connectivity index (χ2n) is 7.70. The number of rotatable bonds is 6. The third-order valence-corrected chi connectivity index (χ3v) is 5.88. The van der Waals surface area contributed by atoms with E-state index in [1.54, 1.807) is 13.2 Å². The molecule has 1 amide bonds. The molecule has 0 spiro atoms. The highest BCUT2D eigenvalue weighted by Crippen LogP contribution is 2.29. The lowest BCUT2D eigenvalue weighted by Crippen LogP contribution is -2.41. The number of aromatic nitrogens is 2. The Balaban J connectivity index is 1.42.